The van der Waals surface area contributed by atoms with Gasteiger partial charge >= 0.3 is 6.18 Å². The topological polar surface area (TPSA) is 0 Å². The molecule has 0 radical (unpaired) electrons. The lowest BCUT2D eigenvalue weighted by Crippen LogP contribution is -2.05. The summed E-state index contributed by atoms with van der Waals surface area (Å²) in [7, 11) is 0. The zero-order chi connectivity index (χ0) is 10.9. The van der Waals surface area contributed by atoms with Gasteiger partial charge in [-0.3, -0.25) is 0 Å². The van der Waals surface area contributed by atoms with Crippen molar-refractivity contribution in [2.45, 2.75) is 11.0 Å². The number of hydrogen-bond donors (Lipinski definition) is 0. The molecule has 0 aliphatic heterocycles. The van der Waals surface area contributed by atoms with Crippen LogP contribution >= 0.6 is 39.1 Å². The van der Waals surface area contributed by atoms with Gasteiger partial charge in [-0.2, -0.15) is 13.2 Å². The second-order valence-electron chi connectivity index (χ2n) is 2.53. The lowest BCUT2D eigenvalue weighted by atomic mass is 10.1. The predicted molar refractivity (Wildman–Crippen MR) is 53.6 cm³/mol. The van der Waals surface area contributed by atoms with Crippen LogP contribution in [-0.2, 0) is 6.18 Å². The van der Waals surface area contributed by atoms with Gasteiger partial charge in [0, 0.05) is 4.47 Å². The van der Waals surface area contributed by atoms with Crippen molar-refractivity contribution in [3.8, 4) is 0 Å². The third-order valence-corrected chi connectivity index (χ3v) is 2.72. The van der Waals surface area contributed by atoms with Crippen LogP contribution in [0.25, 0.3) is 0 Å². The molecule has 0 aromatic heterocycles. The van der Waals surface area contributed by atoms with Gasteiger partial charge in [0.25, 0.3) is 0 Å². The molecule has 0 saturated carbocycles. The number of benzene rings is 1. The van der Waals surface area contributed by atoms with Crippen molar-refractivity contribution in [3.63, 3.8) is 0 Å². The Morgan fingerprint density at radius 3 is 2.14 bits per heavy atom. The van der Waals surface area contributed by atoms with E-state index in [0.29, 0.717) is 5.56 Å². The van der Waals surface area contributed by atoms with Crippen LogP contribution in [0, 0.1) is 0 Å². The standard InChI is InChI=1S/C8H4BrCl2F3/c9-6-3-4(8(12,13)14)1-2-5(6)7(10)11/h1-3,7H. The van der Waals surface area contributed by atoms with Gasteiger partial charge in [-0.15, -0.1) is 23.2 Å². The monoisotopic (exact) mass is 306 g/mol. The maximum absolute atomic E-state index is 12.2. The molecule has 0 nitrogen and oxygen atoms in total. The second-order valence-corrected chi connectivity index (χ2v) is 4.49. The molecule has 0 aliphatic rings. The van der Waals surface area contributed by atoms with Crippen molar-refractivity contribution in [3.05, 3.63) is 33.8 Å². The zero-order valence-corrected chi connectivity index (χ0v) is 9.68. The fourth-order valence-corrected chi connectivity index (χ4v) is 2.13. The minimum Gasteiger partial charge on any atom is -0.166 e. The minimum atomic E-state index is -4.35. The lowest BCUT2D eigenvalue weighted by Gasteiger charge is -2.10. The molecule has 1 aromatic carbocycles. The third kappa shape index (κ3) is 2.78. The highest BCUT2D eigenvalue weighted by Crippen LogP contribution is 2.36. The number of hydrogen-bond acceptors (Lipinski definition) is 0. The van der Waals surface area contributed by atoms with Crippen molar-refractivity contribution in [1.29, 1.82) is 0 Å². The van der Waals surface area contributed by atoms with E-state index in [9.17, 15) is 13.2 Å². The van der Waals surface area contributed by atoms with E-state index in [-0.39, 0.29) is 4.47 Å². The van der Waals surface area contributed by atoms with E-state index in [2.05, 4.69) is 15.9 Å². The third-order valence-electron chi connectivity index (χ3n) is 1.56. The first-order valence-electron chi connectivity index (χ1n) is 3.47. The van der Waals surface area contributed by atoms with Crippen LogP contribution in [-0.4, -0.2) is 0 Å². The van der Waals surface area contributed by atoms with Gasteiger partial charge in [-0.05, 0) is 17.7 Å². The maximum atomic E-state index is 12.2. The summed E-state index contributed by atoms with van der Waals surface area (Å²) in [6.07, 6.45) is -4.35. The summed E-state index contributed by atoms with van der Waals surface area (Å²) in [5.74, 6) is 0. The average Bonchev–Trinajstić information content (AvgIpc) is 2.01. The summed E-state index contributed by atoms with van der Waals surface area (Å²) in [6.45, 7) is 0. The summed E-state index contributed by atoms with van der Waals surface area (Å²) in [6, 6.07) is 3.14. The summed E-state index contributed by atoms with van der Waals surface area (Å²) in [5.41, 5.74) is -0.316. The van der Waals surface area contributed by atoms with Crippen LogP contribution in [0.2, 0.25) is 0 Å². The number of halogens is 6. The summed E-state index contributed by atoms with van der Waals surface area (Å²) in [4.78, 5) is -0.841. The molecule has 0 unspecified atom stereocenters. The van der Waals surface area contributed by atoms with Crippen molar-refractivity contribution in [1.82, 2.24) is 0 Å². The van der Waals surface area contributed by atoms with Crippen LogP contribution in [0.15, 0.2) is 22.7 Å². The van der Waals surface area contributed by atoms with E-state index in [1.54, 1.807) is 0 Å². The first-order valence-corrected chi connectivity index (χ1v) is 5.13. The molecule has 0 aliphatic carbocycles. The van der Waals surface area contributed by atoms with Crippen molar-refractivity contribution in [2.75, 3.05) is 0 Å². The van der Waals surface area contributed by atoms with Crippen LogP contribution in [0.4, 0.5) is 13.2 Å². The predicted octanol–water partition coefficient (Wildman–Crippen LogP) is 4.94. The quantitative estimate of drug-likeness (QED) is 0.644. The maximum Gasteiger partial charge on any atom is 0.416 e. The zero-order valence-electron chi connectivity index (χ0n) is 6.58. The van der Waals surface area contributed by atoms with Crippen molar-refractivity contribution < 1.29 is 13.2 Å². The van der Waals surface area contributed by atoms with Gasteiger partial charge in [0.05, 0.1) is 5.56 Å². The van der Waals surface area contributed by atoms with Crippen LogP contribution in [0.3, 0.4) is 0 Å². The van der Waals surface area contributed by atoms with E-state index < -0.39 is 16.6 Å². The molecule has 14 heavy (non-hydrogen) atoms. The Hall–Kier alpha value is 0.0700. The summed E-state index contributed by atoms with van der Waals surface area (Å²) < 4.78 is 36.9. The van der Waals surface area contributed by atoms with Gasteiger partial charge in [0.2, 0.25) is 0 Å². The fraction of sp³-hybridized carbons (Fsp3) is 0.250. The fourth-order valence-electron chi connectivity index (χ4n) is 0.880. The smallest absolute Gasteiger partial charge is 0.166 e. The second kappa shape index (κ2) is 4.29. The minimum absolute atomic E-state index is 0.252. The first kappa shape index (κ1) is 12.1. The van der Waals surface area contributed by atoms with E-state index >= 15 is 0 Å². The highest BCUT2D eigenvalue weighted by Gasteiger charge is 2.31. The molecule has 0 atom stereocenters. The van der Waals surface area contributed by atoms with Gasteiger partial charge in [0.15, 0.2) is 0 Å². The number of rotatable bonds is 1. The molecule has 1 rings (SSSR count). The molecule has 1 aromatic rings. The first-order chi connectivity index (χ1) is 6.32. The van der Waals surface area contributed by atoms with E-state index in [1.807, 2.05) is 0 Å². The highest BCUT2D eigenvalue weighted by atomic mass is 79.9. The molecule has 0 N–H and O–H groups in total. The Morgan fingerprint density at radius 1 is 1.21 bits per heavy atom. The molecule has 0 bridgehead atoms. The highest BCUT2D eigenvalue weighted by molar-refractivity contribution is 9.10. The Bertz CT molecular complexity index is 336. The molecule has 0 fully saturated rings. The van der Waals surface area contributed by atoms with Crippen LogP contribution in [0.5, 0.6) is 0 Å². The molecule has 0 spiro atoms. The van der Waals surface area contributed by atoms with Crippen LogP contribution in [0.1, 0.15) is 16.0 Å². The van der Waals surface area contributed by atoms with Gasteiger partial charge in [-0.1, -0.05) is 22.0 Å². The Kier molecular flexibility index (Phi) is 3.72. The Balaban J connectivity index is 3.13. The number of alkyl halides is 5. The van der Waals surface area contributed by atoms with Crippen LogP contribution < -0.4 is 0 Å². The summed E-state index contributed by atoms with van der Waals surface area (Å²) >= 11 is 14.0. The Labute approximate surface area is 97.1 Å². The molecular weight excluding hydrogens is 304 g/mol. The molecule has 0 amide bonds. The molecular formula is C8H4BrCl2F3. The molecule has 78 valence electrons. The normalized spacial score (nSPS) is 12.2. The van der Waals surface area contributed by atoms with E-state index in [0.717, 1.165) is 12.1 Å². The van der Waals surface area contributed by atoms with Crippen molar-refractivity contribution >= 4 is 39.1 Å². The SMILES string of the molecule is FC(F)(F)c1ccc(C(Cl)Cl)c(Br)c1. The molecule has 6 heteroatoms. The van der Waals surface area contributed by atoms with Gasteiger partial charge in [-0.25, -0.2) is 0 Å². The average molecular weight is 308 g/mol. The van der Waals surface area contributed by atoms with E-state index in [1.165, 1.54) is 6.07 Å². The van der Waals surface area contributed by atoms with Gasteiger partial charge in [0.1, 0.15) is 4.84 Å². The molecule has 0 saturated heterocycles. The Morgan fingerprint density at radius 2 is 1.79 bits per heavy atom. The van der Waals surface area contributed by atoms with Gasteiger partial charge < -0.3 is 0 Å². The lowest BCUT2D eigenvalue weighted by molar-refractivity contribution is -0.137. The van der Waals surface area contributed by atoms with Crippen molar-refractivity contribution in [2.24, 2.45) is 0 Å². The molecule has 0 heterocycles. The van der Waals surface area contributed by atoms with E-state index in [4.69, 9.17) is 23.2 Å². The summed E-state index contributed by atoms with van der Waals surface area (Å²) in [5, 5.41) is 0. The largest absolute Gasteiger partial charge is 0.416 e.